The number of rotatable bonds is 5. The van der Waals surface area contributed by atoms with Gasteiger partial charge in [0, 0.05) is 6.54 Å². The van der Waals surface area contributed by atoms with Crippen molar-refractivity contribution in [1.82, 2.24) is 20.3 Å². The normalized spacial score (nSPS) is 15.5. The third-order valence-corrected chi connectivity index (χ3v) is 4.73. The van der Waals surface area contributed by atoms with Gasteiger partial charge in [0.15, 0.2) is 0 Å². The van der Waals surface area contributed by atoms with Crippen LogP contribution in [0.3, 0.4) is 0 Å². The van der Waals surface area contributed by atoms with Crippen LogP contribution in [-0.4, -0.2) is 40.1 Å². The molecule has 7 nitrogen and oxygen atoms in total. The van der Waals surface area contributed by atoms with E-state index in [-0.39, 0.29) is 35.8 Å². The first kappa shape index (κ1) is 23.4. The first-order valence-electron chi connectivity index (χ1n) is 9.62. The van der Waals surface area contributed by atoms with Gasteiger partial charge in [0.2, 0.25) is 5.88 Å². The summed E-state index contributed by atoms with van der Waals surface area (Å²) < 4.78 is 48.3. The predicted octanol–water partition coefficient (Wildman–Crippen LogP) is 3.76. The first-order chi connectivity index (χ1) is 15.0. The fraction of sp³-hybridized carbons (Fsp3) is 0.238. The van der Waals surface area contributed by atoms with E-state index in [9.17, 15) is 18.0 Å². The topological polar surface area (TPSA) is 89.0 Å². The first-order valence-corrected chi connectivity index (χ1v) is 9.62. The maximum absolute atomic E-state index is 14.3. The number of amides is 1. The Morgan fingerprint density at radius 1 is 1.12 bits per heavy atom. The molecule has 0 saturated carbocycles. The van der Waals surface area contributed by atoms with Crippen molar-refractivity contribution in [3.8, 4) is 17.1 Å². The minimum atomic E-state index is -0.989. The Bertz CT molecular complexity index is 1090. The van der Waals surface area contributed by atoms with Crippen molar-refractivity contribution in [2.75, 3.05) is 18.4 Å². The third-order valence-electron chi connectivity index (χ3n) is 4.73. The van der Waals surface area contributed by atoms with Crippen LogP contribution >= 0.6 is 12.4 Å². The third kappa shape index (κ3) is 5.14. The van der Waals surface area contributed by atoms with Gasteiger partial charge >= 0.3 is 0 Å². The van der Waals surface area contributed by atoms with Gasteiger partial charge in [-0.25, -0.2) is 23.1 Å². The predicted molar refractivity (Wildman–Crippen MR) is 113 cm³/mol. The Hall–Kier alpha value is -3.24. The summed E-state index contributed by atoms with van der Waals surface area (Å²) in [6.07, 6.45) is 4.32. The molecular formula is C21H19ClF3N5O2. The monoisotopic (exact) mass is 465 g/mol. The molecule has 11 heteroatoms. The van der Waals surface area contributed by atoms with E-state index in [1.807, 2.05) is 0 Å². The fourth-order valence-corrected chi connectivity index (χ4v) is 3.23. The van der Waals surface area contributed by atoms with Crippen LogP contribution in [0.5, 0.6) is 5.88 Å². The summed E-state index contributed by atoms with van der Waals surface area (Å²) in [5.41, 5.74) is -1.29. The Labute approximate surface area is 187 Å². The second kappa shape index (κ2) is 10.4. The van der Waals surface area contributed by atoms with Crippen LogP contribution in [0.1, 0.15) is 23.3 Å². The van der Waals surface area contributed by atoms with Crippen LogP contribution in [0.4, 0.5) is 18.9 Å². The number of carbonyl (C=O) groups excluding carboxylic acids is 1. The van der Waals surface area contributed by atoms with E-state index in [4.69, 9.17) is 4.74 Å². The second-order valence-corrected chi connectivity index (χ2v) is 6.91. The molecule has 1 aromatic carbocycles. The van der Waals surface area contributed by atoms with Crippen LogP contribution in [0, 0.1) is 17.5 Å². The standard InChI is InChI=1S/C21H18F3N5O2.ClH/c22-13-4-1-5-14(23)18(13)19-15(24)6-7-16(28-19)20(30)29-17-10-26-11-27-21(17)31-12-3-2-8-25-9-12;/h1,4-7,10-12,25H,2-3,8-9H2,(H,29,30);1H. The number of hydrogen-bond acceptors (Lipinski definition) is 6. The number of pyridine rings is 1. The summed E-state index contributed by atoms with van der Waals surface area (Å²) in [7, 11) is 0. The molecule has 168 valence electrons. The summed E-state index contributed by atoms with van der Waals surface area (Å²) in [6.45, 7) is 1.56. The average Bonchev–Trinajstić information content (AvgIpc) is 2.77. The summed E-state index contributed by atoms with van der Waals surface area (Å²) in [5.74, 6) is -3.49. The van der Waals surface area contributed by atoms with Crippen LogP contribution < -0.4 is 15.4 Å². The molecule has 1 saturated heterocycles. The van der Waals surface area contributed by atoms with E-state index in [0.29, 0.717) is 6.54 Å². The minimum Gasteiger partial charge on any atom is -0.471 e. The molecule has 2 aromatic heterocycles. The number of piperidine rings is 1. The van der Waals surface area contributed by atoms with Gasteiger partial charge < -0.3 is 15.4 Å². The van der Waals surface area contributed by atoms with Crippen molar-refractivity contribution < 1.29 is 22.7 Å². The number of aromatic nitrogens is 3. The zero-order valence-corrected chi connectivity index (χ0v) is 17.5. The number of nitrogens with zero attached hydrogens (tertiary/aromatic N) is 3. The molecule has 1 aliphatic rings. The van der Waals surface area contributed by atoms with Crippen LogP contribution in [0.25, 0.3) is 11.3 Å². The lowest BCUT2D eigenvalue weighted by atomic mass is 10.1. The highest BCUT2D eigenvalue weighted by Gasteiger charge is 2.21. The molecule has 0 radical (unpaired) electrons. The van der Waals surface area contributed by atoms with Crippen molar-refractivity contribution in [2.45, 2.75) is 18.9 Å². The van der Waals surface area contributed by atoms with Gasteiger partial charge in [-0.05, 0) is 43.7 Å². The van der Waals surface area contributed by atoms with Gasteiger partial charge in [-0.2, -0.15) is 4.98 Å². The largest absolute Gasteiger partial charge is 0.471 e. The number of halogens is 4. The molecule has 4 rings (SSSR count). The maximum Gasteiger partial charge on any atom is 0.274 e. The Kier molecular flexibility index (Phi) is 7.60. The Balaban J connectivity index is 0.00000289. The summed E-state index contributed by atoms with van der Waals surface area (Å²) in [4.78, 5) is 24.5. The number of anilines is 1. The van der Waals surface area contributed by atoms with Gasteiger partial charge in [-0.15, -0.1) is 12.4 Å². The van der Waals surface area contributed by atoms with Crippen molar-refractivity contribution in [3.05, 3.63) is 66.0 Å². The molecule has 3 aromatic rings. The van der Waals surface area contributed by atoms with E-state index in [1.165, 1.54) is 12.5 Å². The summed E-state index contributed by atoms with van der Waals surface area (Å²) in [6, 6.07) is 5.16. The second-order valence-electron chi connectivity index (χ2n) is 6.91. The SMILES string of the molecule is Cl.O=C(Nc1cncnc1OC1CCCNC1)c1ccc(F)c(-c2c(F)cccc2F)n1. The molecule has 2 N–H and O–H groups in total. The van der Waals surface area contributed by atoms with E-state index >= 15 is 0 Å². The van der Waals surface area contributed by atoms with Gasteiger partial charge in [0.25, 0.3) is 5.91 Å². The van der Waals surface area contributed by atoms with E-state index in [0.717, 1.165) is 49.7 Å². The lowest BCUT2D eigenvalue weighted by Crippen LogP contribution is -2.37. The van der Waals surface area contributed by atoms with Gasteiger partial charge in [-0.1, -0.05) is 6.07 Å². The van der Waals surface area contributed by atoms with Crippen LogP contribution in [-0.2, 0) is 0 Å². The highest BCUT2D eigenvalue weighted by Crippen LogP contribution is 2.28. The molecule has 1 amide bonds. The fourth-order valence-electron chi connectivity index (χ4n) is 3.23. The van der Waals surface area contributed by atoms with Gasteiger partial charge in [-0.3, -0.25) is 4.79 Å². The Morgan fingerprint density at radius 3 is 2.62 bits per heavy atom. The number of benzene rings is 1. The molecule has 1 aliphatic heterocycles. The number of hydrogen-bond donors (Lipinski definition) is 2. The Morgan fingerprint density at radius 2 is 1.91 bits per heavy atom. The molecule has 1 unspecified atom stereocenters. The summed E-state index contributed by atoms with van der Waals surface area (Å²) >= 11 is 0. The smallest absolute Gasteiger partial charge is 0.274 e. The zero-order valence-electron chi connectivity index (χ0n) is 16.6. The molecule has 1 fully saturated rings. The van der Waals surface area contributed by atoms with E-state index < -0.39 is 34.6 Å². The van der Waals surface area contributed by atoms with Gasteiger partial charge in [0.1, 0.15) is 47.0 Å². The molecule has 32 heavy (non-hydrogen) atoms. The number of nitrogens with one attached hydrogen (secondary N) is 2. The zero-order chi connectivity index (χ0) is 21.8. The number of carbonyl (C=O) groups is 1. The molecule has 3 heterocycles. The molecule has 0 spiro atoms. The van der Waals surface area contributed by atoms with Crippen LogP contribution in [0.2, 0.25) is 0 Å². The van der Waals surface area contributed by atoms with Crippen molar-refractivity contribution in [2.24, 2.45) is 0 Å². The van der Waals surface area contributed by atoms with Crippen molar-refractivity contribution >= 4 is 24.0 Å². The van der Waals surface area contributed by atoms with E-state index in [1.54, 1.807) is 0 Å². The van der Waals surface area contributed by atoms with Gasteiger partial charge in [0.05, 0.1) is 11.8 Å². The van der Waals surface area contributed by atoms with Crippen molar-refractivity contribution in [3.63, 3.8) is 0 Å². The molecule has 0 aliphatic carbocycles. The number of ether oxygens (including phenoxy) is 1. The highest BCUT2D eigenvalue weighted by atomic mass is 35.5. The quantitative estimate of drug-likeness (QED) is 0.596. The lowest BCUT2D eigenvalue weighted by molar-refractivity contribution is 0.102. The average molecular weight is 466 g/mol. The summed E-state index contributed by atoms with van der Waals surface area (Å²) in [5, 5.41) is 5.78. The molecule has 0 bridgehead atoms. The van der Waals surface area contributed by atoms with Crippen molar-refractivity contribution in [1.29, 1.82) is 0 Å². The van der Waals surface area contributed by atoms with E-state index in [2.05, 4.69) is 25.6 Å². The maximum atomic E-state index is 14.3. The molecule has 1 atom stereocenters. The minimum absolute atomic E-state index is 0. The highest BCUT2D eigenvalue weighted by molar-refractivity contribution is 6.03. The van der Waals surface area contributed by atoms with Crippen LogP contribution in [0.15, 0.2) is 42.9 Å². The lowest BCUT2D eigenvalue weighted by Gasteiger charge is -2.24. The molecular weight excluding hydrogens is 447 g/mol.